The molecule has 0 saturated carbocycles. The maximum Gasteiger partial charge on any atom is 0.275 e. The fourth-order valence-electron chi connectivity index (χ4n) is 1.44. The molecule has 4 nitrogen and oxygen atoms in total. The first kappa shape index (κ1) is 13.3. The number of aliphatic hydroxyl groups is 1. The van der Waals surface area contributed by atoms with Crippen LogP contribution in [-0.2, 0) is 0 Å². The molecule has 0 bridgehead atoms. The summed E-state index contributed by atoms with van der Waals surface area (Å²) in [6.07, 6.45) is 0. The lowest BCUT2D eigenvalue weighted by molar-refractivity contribution is 0.102. The summed E-state index contributed by atoms with van der Waals surface area (Å²) in [4.78, 5) is 16.0. The second-order valence-corrected chi connectivity index (χ2v) is 4.81. The van der Waals surface area contributed by atoms with E-state index in [0.29, 0.717) is 11.4 Å². The molecule has 0 spiro atoms. The summed E-state index contributed by atoms with van der Waals surface area (Å²) in [5, 5.41) is 13.9. The monoisotopic (exact) mass is 272 g/mol. The van der Waals surface area contributed by atoms with Gasteiger partial charge in [-0.25, -0.2) is 4.98 Å². The molecule has 19 heavy (non-hydrogen) atoms. The molecule has 0 aliphatic carbocycles. The third kappa shape index (κ3) is 3.65. The van der Waals surface area contributed by atoms with Crippen molar-refractivity contribution in [2.75, 3.05) is 11.9 Å². The minimum atomic E-state index is -0.224. The van der Waals surface area contributed by atoms with E-state index in [1.165, 1.54) is 11.3 Å². The molecular formula is C14H12N2O2S. The molecule has 96 valence electrons. The molecule has 0 unspecified atom stereocenters. The van der Waals surface area contributed by atoms with Crippen LogP contribution in [0.1, 0.15) is 21.1 Å². The molecule has 1 amide bonds. The minimum Gasteiger partial charge on any atom is -0.384 e. The summed E-state index contributed by atoms with van der Waals surface area (Å²) in [6, 6.07) is 7.09. The summed E-state index contributed by atoms with van der Waals surface area (Å²) in [6.45, 7) is 1.69. The van der Waals surface area contributed by atoms with E-state index >= 15 is 0 Å². The Morgan fingerprint density at radius 1 is 1.42 bits per heavy atom. The zero-order valence-corrected chi connectivity index (χ0v) is 11.1. The summed E-state index contributed by atoms with van der Waals surface area (Å²) < 4.78 is 0. The Balaban J connectivity index is 2.05. The molecule has 1 aromatic heterocycles. The molecule has 0 radical (unpaired) electrons. The van der Waals surface area contributed by atoms with Gasteiger partial charge < -0.3 is 10.4 Å². The van der Waals surface area contributed by atoms with Gasteiger partial charge in [0.2, 0.25) is 0 Å². The number of aliphatic hydroxyl groups excluding tert-OH is 1. The Hall–Kier alpha value is -2.16. The van der Waals surface area contributed by atoms with E-state index in [1.807, 2.05) is 6.92 Å². The van der Waals surface area contributed by atoms with Crippen LogP contribution in [0.15, 0.2) is 29.6 Å². The topological polar surface area (TPSA) is 62.2 Å². The molecule has 2 N–H and O–H groups in total. The highest BCUT2D eigenvalue weighted by Gasteiger charge is 2.09. The number of thiazole rings is 1. The number of nitrogens with one attached hydrogen (secondary N) is 1. The number of carbonyl (C=O) groups excluding carboxylic acids is 1. The third-order valence-electron chi connectivity index (χ3n) is 2.31. The average Bonchev–Trinajstić information content (AvgIpc) is 2.85. The third-order valence-corrected chi connectivity index (χ3v) is 3.08. The van der Waals surface area contributed by atoms with Crippen LogP contribution >= 0.6 is 11.3 Å². The Morgan fingerprint density at radius 2 is 2.16 bits per heavy atom. The second kappa shape index (κ2) is 6.14. The highest BCUT2D eigenvalue weighted by Crippen LogP contribution is 2.12. The normalized spacial score (nSPS) is 9.58. The van der Waals surface area contributed by atoms with Crippen molar-refractivity contribution in [1.82, 2.24) is 4.98 Å². The van der Waals surface area contributed by atoms with E-state index in [9.17, 15) is 4.79 Å². The number of aromatic nitrogens is 1. The molecule has 0 fully saturated rings. The van der Waals surface area contributed by atoms with Crippen molar-refractivity contribution in [3.05, 3.63) is 45.9 Å². The first-order valence-electron chi connectivity index (χ1n) is 5.62. The Morgan fingerprint density at radius 3 is 2.74 bits per heavy atom. The number of rotatable bonds is 2. The van der Waals surface area contributed by atoms with Crippen molar-refractivity contribution >= 4 is 22.9 Å². The van der Waals surface area contributed by atoms with Crippen LogP contribution in [0.3, 0.4) is 0 Å². The largest absolute Gasteiger partial charge is 0.384 e. The molecule has 2 aromatic rings. The van der Waals surface area contributed by atoms with Gasteiger partial charge in [0.1, 0.15) is 12.3 Å². The highest BCUT2D eigenvalue weighted by atomic mass is 32.1. The number of amides is 1. The Kier molecular flexibility index (Phi) is 4.29. The predicted molar refractivity (Wildman–Crippen MR) is 75.2 cm³/mol. The molecule has 2 rings (SSSR count). The van der Waals surface area contributed by atoms with E-state index in [2.05, 4.69) is 22.1 Å². The summed E-state index contributed by atoms with van der Waals surface area (Å²) >= 11 is 1.44. The van der Waals surface area contributed by atoms with E-state index < -0.39 is 0 Å². The number of hydrogen-bond acceptors (Lipinski definition) is 4. The average molecular weight is 272 g/mol. The number of hydrogen-bond donors (Lipinski definition) is 2. The van der Waals surface area contributed by atoms with Gasteiger partial charge in [-0.2, -0.15) is 0 Å². The SMILES string of the molecule is Cc1nc(C(=O)Nc2ccc(C#CCO)cc2)cs1. The van der Waals surface area contributed by atoms with Gasteiger partial charge in [-0.15, -0.1) is 11.3 Å². The van der Waals surface area contributed by atoms with E-state index in [4.69, 9.17) is 5.11 Å². The summed E-state index contributed by atoms with van der Waals surface area (Å²) in [5.41, 5.74) is 1.90. The van der Waals surface area contributed by atoms with Gasteiger partial charge in [0.05, 0.1) is 5.01 Å². The number of carbonyl (C=O) groups is 1. The van der Waals surface area contributed by atoms with Crippen LogP contribution in [0.2, 0.25) is 0 Å². The molecule has 0 aliphatic heterocycles. The van der Waals surface area contributed by atoms with Crippen molar-refractivity contribution in [1.29, 1.82) is 0 Å². The summed E-state index contributed by atoms with van der Waals surface area (Å²) in [7, 11) is 0. The fraction of sp³-hybridized carbons (Fsp3) is 0.143. The van der Waals surface area contributed by atoms with Crippen molar-refractivity contribution in [2.45, 2.75) is 6.92 Å². The van der Waals surface area contributed by atoms with Gasteiger partial charge in [-0.05, 0) is 31.2 Å². The van der Waals surface area contributed by atoms with Gasteiger partial charge in [0.25, 0.3) is 5.91 Å². The van der Waals surface area contributed by atoms with Crippen LogP contribution in [0.5, 0.6) is 0 Å². The molecular weight excluding hydrogens is 260 g/mol. The van der Waals surface area contributed by atoms with Crippen LogP contribution in [0, 0.1) is 18.8 Å². The fourth-order valence-corrected chi connectivity index (χ4v) is 2.03. The van der Waals surface area contributed by atoms with E-state index in [-0.39, 0.29) is 12.5 Å². The van der Waals surface area contributed by atoms with Crippen LogP contribution < -0.4 is 5.32 Å². The number of aryl methyl sites for hydroxylation is 1. The molecule has 1 aromatic carbocycles. The standard InChI is InChI=1S/C14H12N2O2S/c1-10-15-13(9-19-10)14(18)16-12-6-4-11(5-7-12)3-2-8-17/h4-7,9,17H,8H2,1H3,(H,16,18). The van der Waals surface area contributed by atoms with Crippen molar-refractivity contribution in [3.63, 3.8) is 0 Å². The van der Waals surface area contributed by atoms with Gasteiger partial charge in [-0.3, -0.25) is 4.79 Å². The molecule has 1 heterocycles. The molecule has 0 atom stereocenters. The van der Waals surface area contributed by atoms with Crippen molar-refractivity contribution in [3.8, 4) is 11.8 Å². The lowest BCUT2D eigenvalue weighted by Gasteiger charge is -2.02. The van der Waals surface area contributed by atoms with Gasteiger partial charge >= 0.3 is 0 Å². The van der Waals surface area contributed by atoms with Crippen LogP contribution in [-0.4, -0.2) is 22.6 Å². The zero-order valence-electron chi connectivity index (χ0n) is 10.3. The highest BCUT2D eigenvalue weighted by molar-refractivity contribution is 7.09. The minimum absolute atomic E-state index is 0.165. The van der Waals surface area contributed by atoms with E-state index in [0.717, 1.165) is 10.6 Å². The second-order valence-electron chi connectivity index (χ2n) is 3.74. The number of anilines is 1. The molecule has 0 aliphatic rings. The summed E-state index contributed by atoms with van der Waals surface area (Å²) in [5.74, 6) is 5.13. The van der Waals surface area contributed by atoms with Crippen LogP contribution in [0.25, 0.3) is 0 Å². The van der Waals surface area contributed by atoms with Gasteiger partial charge in [0, 0.05) is 16.6 Å². The Bertz CT molecular complexity index is 635. The van der Waals surface area contributed by atoms with Gasteiger partial charge in [-0.1, -0.05) is 11.8 Å². The van der Waals surface area contributed by atoms with E-state index in [1.54, 1.807) is 29.6 Å². The lowest BCUT2D eigenvalue weighted by atomic mass is 10.2. The lowest BCUT2D eigenvalue weighted by Crippen LogP contribution is -2.12. The molecule has 5 heteroatoms. The first-order chi connectivity index (χ1) is 9.19. The maximum absolute atomic E-state index is 11.9. The van der Waals surface area contributed by atoms with Crippen molar-refractivity contribution in [2.24, 2.45) is 0 Å². The Labute approximate surface area is 115 Å². The van der Waals surface area contributed by atoms with Gasteiger partial charge in [0.15, 0.2) is 0 Å². The first-order valence-corrected chi connectivity index (χ1v) is 6.50. The molecule has 0 saturated heterocycles. The van der Waals surface area contributed by atoms with Crippen molar-refractivity contribution < 1.29 is 9.90 Å². The maximum atomic E-state index is 11.9. The number of benzene rings is 1. The van der Waals surface area contributed by atoms with Crippen LogP contribution in [0.4, 0.5) is 5.69 Å². The smallest absolute Gasteiger partial charge is 0.275 e. The quantitative estimate of drug-likeness (QED) is 0.822. The number of nitrogens with zero attached hydrogens (tertiary/aromatic N) is 1. The zero-order chi connectivity index (χ0) is 13.7. The predicted octanol–water partition coefficient (Wildman–Crippen LogP) is 2.05.